The summed E-state index contributed by atoms with van der Waals surface area (Å²) < 4.78 is 9.61. The SMILES string of the molecule is CCOC(=O)C(C)(C)Sc1nc2sc(CC)c(-c3cccc(OC)c3)c2c(=O)[nH]1. The van der Waals surface area contributed by atoms with Gasteiger partial charge in [0.1, 0.15) is 15.3 Å². The fourth-order valence-corrected chi connectivity index (χ4v) is 5.10. The second kappa shape index (κ2) is 8.59. The maximum absolute atomic E-state index is 13.0. The summed E-state index contributed by atoms with van der Waals surface area (Å²) in [7, 11) is 1.62. The molecular formula is C21H24N2O4S2. The van der Waals surface area contributed by atoms with Gasteiger partial charge in [0.2, 0.25) is 0 Å². The number of carbonyl (C=O) groups is 1. The third kappa shape index (κ3) is 4.33. The number of hydrogen-bond acceptors (Lipinski definition) is 7. The maximum atomic E-state index is 13.0. The van der Waals surface area contributed by atoms with Crippen molar-refractivity contribution >= 4 is 39.3 Å². The molecule has 3 rings (SSSR count). The van der Waals surface area contributed by atoms with Crippen LogP contribution in [0, 0.1) is 0 Å². The number of fused-ring (bicyclic) bond motifs is 1. The van der Waals surface area contributed by atoms with E-state index in [1.54, 1.807) is 27.9 Å². The lowest BCUT2D eigenvalue weighted by Crippen LogP contribution is -2.30. The Kier molecular flexibility index (Phi) is 6.33. The first-order valence-corrected chi connectivity index (χ1v) is 11.0. The number of thiophene rings is 1. The number of nitrogens with one attached hydrogen (secondary N) is 1. The Labute approximate surface area is 177 Å². The average Bonchev–Trinajstić information content (AvgIpc) is 3.07. The number of aromatic amines is 1. The van der Waals surface area contributed by atoms with Crippen LogP contribution in [0.2, 0.25) is 0 Å². The van der Waals surface area contributed by atoms with E-state index in [4.69, 9.17) is 9.47 Å². The molecule has 1 N–H and O–H groups in total. The summed E-state index contributed by atoms with van der Waals surface area (Å²) in [6.45, 7) is 7.65. The van der Waals surface area contributed by atoms with Crippen molar-refractivity contribution in [1.29, 1.82) is 0 Å². The van der Waals surface area contributed by atoms with Crippen LogP contribution < -0.4 is 10.3 Å². The number of hydrogen-bond donors (Lipinski definition) is 1. The number of ether oxygens (including phenoxy) is 2. The van der Waals surface area contributed by atoms with Gasteiger partial charge in [-0.3, -0.25) is 9.59 Å². The van der Waals surface area contributed by atoms with Crippen LogP contribution in [0.4, 0.5) is 0 Å². The van der Waals surface area contributed by atoms with Crippen LogP contribution >= 0.6 is 23.1 Å². The highest BCUT2D eigenvalue weighted by atomic mass is 32.2. The molecule has 0 saturated heterocycles. The van der Waals surface area contributed by atoms with Gasteiger partial charge in [-0.2, -0.15) is 0 Å². The van der Waals surface area contributed by atoms with E-state index in [1.165, 1.54) is 23.1 Å². The van der Waals surface area contributed by atoms with Crippen molar-refractivity contribution in [2.75, 3.05) is 13.7 Å². The number of carbonyl (C=O) groups excluding carboxylic acids is 1. The lowest BCUT2D eigenvalue weighted by atomic mass is 10.0. The first kappa shape index (κ1) is 21.4. The zero-order chi connectivity index (χ0) is 21.2. The Bertz CT molecular complexity index is 1100. The molecule has 0 radical (unpaired) electrons. The molecule has 2 heterocycles. The molecule has 0 unspecified atom stereocenters. The van der Waals surface area contributed by atoms with Crippen LogP contribution in [0.15, 0.2) is 34.2 Å². The summed E-state index contributed by atoms with van der Waals surface area (Å²) in [5.41, 5.74) is 1.60. The number of esters is 1. The predicted octanol–water partition coefficient (Wildman–Crippen LogP) is 4.66. The first-order chi connectivity index (χ1) is 13.8. The first-order valence-electron chi connectivity index (χ1n) is 9.37. The summed E-state index contributed by atoms with van der Waals surface area (Å²) in [4.78, 5) is 34.4. The van der Waals surface area contributed by atoms with Crippen molar-refractivity contribution < 1.29 is 14.3 Å². The summed E-state index contributed by atoms with van der Waals surface area (Å²) in [5.74, 6) is 0.391. The van der Waals surface area contributed by atoms with Crippen molar-refractivity contribution in [2.45, 2.75) is 44.0 Å². The van der Waals surface area contributed by atoms with Crippen molar-refractivity contribution in [3.8, 4) is 16.9 Å². The van der Waals surface area contributed by atoms with Gasteiger partial charge in [0.05, 0.1) is 19.1 Å². The van der Waals surface area contributed by atoms with Gasteiger partial charge in [-0.1, -0.05) is 30.8 Å². The van der Waals surface area contributed by atoms with Crippen LogP contribution in [0.5, 0.6) is 5.75 Å². The number of aromatic nitrogens is 2. The van der Waals surface area contributed by atoms with E-state index in [9.17, 15) is 9.59 Å². The van der Waals surface area contributed by atoms with Crippen LogP contribution in [-0.4, -0.2) is 34.4 Å². The van der Waals surface area contributed by atoms with Crippen molar-refractivity contribution in [2.24, 2.45) is 0 Å². The third-order valence-electron chi connectivity index (χ3n) is 4.41. The Morgan fingerprint density at radius 3 is 2.72 bits per heavy atom. The normalized spacial score (nSPS) is 11.6. The molecular weight excluding hydrogens is 408 g/mol. The van der Waals surface area contributed by atoms with Crippen LogP contribution in [0.1, 0.15) is 32.6 Å². The van der Waals surface area contributed by atoms with Crippen molar-refractivity contribution in [1.82, 2.24) is 9.97 Å². The van der Waals surface area contributed by atoms with E-state index in [0.717, 1.165) is 28.2 Å². The summed E-state index contributed by atoms with van der Waals surface area (Å²) in [5, 5.41) is 0.972. The molecule has 0 spiro atoms. The highest BCUT2D eigenvalue weighted by molar-refractivity contribution is 8.01. The number of methoxy groups -OCH3 is 1. The molecule has 0 bridgehead atoms. The van der Waals surface area contributed by atoms with E-state index >= 15 is 0 Å². The molecule has 0 aliphatic rings. The van der Waals surface area contributed by atoms with Crippen LogP contribution in [0.25, 0.3) is 21.3 Å². The van der Waals surface area contributed by atoms with Crippen molar-refractivity contribution in [3.05, 3.63) is 39.5 Å². The fourth-order valence-electron chi connectivity index (χ4n) is 3.00. The van der Waals surface area contributed by atoms with Gasteiger partial charge >= 0.3 is 5.97 Å². The Morgan fingerprint density at radius 2 is 2.07 bits per heavy atom. The van der Waals surface area contributed by atoms with Gasteiger partial charge in [-0.15, -0.1) is 11.3 Å². The Hall–Kier alpha value is -2.32. The quantitative estimate of drug-likeness (QED) is 0.332. The standard InChI is InChI=1S/C21H24N2O4S2/c1-6-14-15(12-9-8-10-13(11-12)26-5)16-17(24)22-20(23-18(16)28-14)29-21(3,4)19(25)27-7-2/h8-11H,6-7H2,1-5H3,(H,22,23,24). The van der Waals surface area contributed by atoms with Crippen LogP contribution in [-0.2, 0) is 16.0 Å². The zero-order valence-electron chi connectivity index (χ0n) is 17.1. The number of rotatable bonds is 7. The van der Waals surface area contributed by atoms with E-state index in [-0.39, 0.29) is 11.5 Å². The number of aryl methyl sites for hydroxylation is 1. The molecule has 8 heteroatoms. The number of benzene rings is 1. The van der Waals surface area contributed by atoms with E-state index in [0.29, 0.717) is 22.0 Å². The number of nitrogens with zero attached hydrogens (tertiary/aromatic N) is 1. The zero-order valence-corrected chi connectivity index (χ0v) is 18.8. The van der Waals surface area contributed by atoms with Crippen molar-refractivity contribution in [3.63, 3.8) is 0 Å². The molecule has 0 amide bonds. The van der Waals surface area contributed by atoms with E-state index in [2.05, 4.69) is 16.9 Å². The fraction of sp³-hybridized carbons (Fsp3) is 0.381. The smallest absolute Gasteiger partial charge is 0.322 e. The number of thioether (sulfide) groups is 1. The summed E-state index contributed by atoms with van der Waals surface area (Å²) >= 11 is 2.70. The van der Waals surface area contributed by atoms with Gasteiger partial charge in [0.25, 0.3) is 5.56 Å². The largest absolute Gasteiger partial charge is 0.497 e. The van der Waals surface area contributed by atoms with Crippen LogP contribution in [0.3, 0.4) is 0 Å². The topological polar surface area (TPSA) is 81.3 Å². The lowest BCUT2D eigenvalue weighted by Gasteiger charge is -2.20. The molecule has 0 aliphatic carbocycles. The van der Waals surface area contributed by atoms with E-state index in [1.807, 2.05) is 24.3 Å². The highest BCUT2D eigenvalue weighted by Crippen LogP contribution is 2.39. The molecule has 6 nitrogen and oxygen atoms in total. The lowest BCUT2D eigenvalue weighted by molar-refractivity contribution is -0.145. The minimum Gasteiger partial charge on any atom is -0.497 e. The second-order valence-corrected chi connectivity index (χ2v) is 9.56. The minimum absolute atomic E-state index is 0.217. The maximum Gasteiger partial charge on any atom is 0.322 e. The molecule has 2 aromatic heterocycles. The van der Waals surface area contributed by atoms with Gasteiger partial charge in [-0.25, -0.2) is 4.98 Å². The van der Waals surface area contributed by atoms with Gasteiger partial charge < -0.3 is 14.5 Å². The molecule has 0 fully saturated rings. The third-order valence-corrected chi connectivity index (χ3v) is 6.70. The summed E-state index contributed by atoms with van der Waals surface area (Å²) in [6, 6.07) is 7.67. The molecule has 0 aliphatic heterocycles. The molecule has 0 saturated carbocycles. The molecule has 0 atom stereocenters. The Balaban J connectivity index is 2.10. The minimum atomic E-state index is -0.861. The van der Waals surface area contributed by atoms with Gasteiger partial charge in [-0.05, 0) is 44.9 Å². The second-order valence-electron chi connectivity index (χ2n) is 6.87. The van der Waals surface area contributed by atoms with Gasteiger partial charge in [0.15, 0.2) is 5.16 Å². The number of H-pyrrole nitrogens is 1. The summed E-state index contributed by atoms with van der Waals surface area (Å²) in [6.07, 6.45) is 0.782. The highest BCUT2D eigenvalue weighted by Gasteiger charge is 2.32. The molecule has 1 aromatic carbocycles. The molecule has 3 aromatic rings. The predicted molar refractivity (Wildman–Crippen MR) is 118 cm³/mol. The molecule has 154 valence electrons. The monoisotopic (exact) mass is 432 g/mol. The Morgan fingerprint density at radius 1 is 1.31 bits per heavy atom. The average molecular weight is 433 g/mol. The molecule has 29 heavy (non-hydrogen) atoms. The van der Waals surface area contributed by atoms with E-state index < -0.39 is 4.75 Å². The van der Waals surface area contributed by atoms with Gasteiger partial charge in [0, 0.05) is 10.4 Å².